The van der Waals surface area contributed by atoms with Crippen LogP contribution in [0.5, 0.6) is 0 Å². The summed E-state index contributed by atoms with van der Waals surface area (Å²) in [4.78, 5) is 0. The van der Waals surface area contributed by atoms with Crippen molar-refractivity contribution < 1.29 is 40.2 Å². The van der Waals surface area contributed by atoms with Crippen LogP contribution in [0.1, 0.15) is 0 Å². The zero-order valence-corrected chi connectivity index (χ0v) is 5.55. The highest BCUT2D eigenvalue weighted by atomic mass is 19.4. The van der Waals surface area contributed by atoms with Crippen LogP contribution in [-0.2, 0) is 0 Å². The zero-order valence-electron chi connectivity index (χ0n) is 5.55. The highest BCUT2D eigenvalue weighted by Gasteiger charge is 2.76. The van der Waals surface area contributed by atoms with Crippen molar-refractivity contribution in [2.75, 3.05) is 0 Å². The second kappa shape index (κ2) is 2.96. The molecule has 0 bridgehead atoms. The fraction of sp³-hybridized carbons (Fsp3) is 1.00. The molecule has 1 N–H and O–H groups in total. The molecule has 0 aliphatic carbocycles. The van der Waals surface area contributed by atoms with Crippen LogP contribution in [0.15, 0.2) is 0 Å². The predicted octanol–water partition coefficient (Wildman–Crippen LogP) is 2.11. The van der Waals surface area contributed by atoms with E-state index in [1.165, 1.54) is 0 Å². The first-order valence-electron chi connectivity index (χ1n) is 2.59. The van der Waals surface area contributed by atoms with Crippen LogP contribution < -0.4 is 0 Å². The lowest BCUT2D eigenvalue weighted by Gasteiger charge is -2.27. The van der Waals surface area contributed by atoms with Crippen molar-refractivity contribution in [2.45, 2.75) is 24.4 Å². The Labute approximate surface area is 66.0 Å². The van der Waals surface area contributed by atoms with Crippen molar-refractivity contribution in [1.29, 1.82) is 0 Å². The minimum Gasteiger partial charge on any atom is -0.359 e. The first-order valence-corrected chi connectivity index (χ1v) is 2.59. The van der Waals surface area contributed by atoms with E-state index >= 15 is 0 Å². The van der Waals surface area contributed by atoms with Crippen molar-refractivity contribution in [2.24, 2.45) is 0 Å². The Morgan fingerprint density at radius 2 is 1.15 bits per heavy atom. The molecular formula is C4H2F8O. The minimum absolute atomic E-state index is 4.58. The Balaban J connectivity index is 5.04. The van der Waals surface area contributed by atoms with Gasteiger partial charge >= 0.3 is 18.0 Å². The number of halogens is 8. The van der Waals surface area contributed by atoms with E-state index in [4.69, 9.17) is 5.11 Å². The van der Waals surface area contributed by atoms with Crippen LogP contribution in [0.3, 0.4) is 0 Å². The third-order valence-electron chi connectivity index (χ3n) is 1.07. The number of aliphatic hydroxyl groups is 1. The molecule has 13 heavy (non-hydrogen) atoms. The molecule has 0 aromatic heterocycles. The Morgan fingerprint density at radius 3 is 1.23 bits per heavy atom. The smallest absolute Gasteiger partial charge is 0.359 e. The van der Waals surface area contributed by atoms with E-state index in [0.717, 1.165) is 0 Å². The summed E-state index contributed by atoms with van der Waals surface area (Å²) in [5.41, 5.74) is 0. The SMILES string of the molecule is OC(F)C(F)(F)C(F)(F)C(F)(F)F. The summed E-state index contributed by atoms with van der Waals surface area (Å²) in [7, 11) is 0. The summed E-state index contributed by atoms with van der Waals surface area (Å²) < 4.78 is 91.7. The van der Waals surface area contributed by atoms with Gasteiger partial charge in [0.05, 0.1) is 0 Å². The topological polar surface area (TPSA) is 20.2 Å². The van der Waals surface area contributed by atoms with Gasteiger partial charge in [-0.2, -0.15) is 30.7 Å². The van der Waals surface area contributed by atoms with Crippen LogP contribution in [0, 0.1) is 0 Å². The van der Waals surface area contributed by atoms with Crippen molar-refractivity contribution in [1.82, 2.24) is 0 Å². The van der Waals surface area contributed by atoms with Crippen LogP contribution >= 0.6 is 0 Å². The Kier molecular flexibility index (Phi) is 2.83. The fourth-order valence-electron chi connectivity index (χ4n) is 0.339. The molecule has 0 fully saturated rings. The van der Waals surface area contributed by atoms with Crippen molar-refractivity contribution in [3.05, 3.63) is 0 Å². The number of hydrogen-bond acceptors (Lipinski definition) is 1. The van der Waals surface area contributed by atoms with Crippen molar-refractivity contribution in [3.8, 4) is 0 Å². The van der Waals surface area contributed by atoms with E-state index in [2.05, 4.69) is 0 Å². The zero-order chi connectivity index (χ0) is 11.1. The van der Waals surface area contributed by atoms with Gasteiger partial charge < -0.3 is 5.11 Å². The van der Waals surface area contributed by atoms with Gasteiger partial charge in [0.25, 0.3) is 6.36 Å². The van der Waals surface area contributed by atoms with Gasteiger partial charge in [-0.1, -0.05) is 0 Å². The van der Waals surface area contributed by atoms with Gasteiger partial charge in [0.15, 0.2) is 0 Å². The first kappa shape index (κ1) is 12.4. The summed E-state index contributed by atoms with van der Waals surface area (Å²) in [6.07, 6.45) is -11.2. The molecular weight excluding hydrogens is 216 g/mol. The van der Waals surface area contributed by atoms with Crippen LogP contribution in [-0.4, -0.2) is 29.5 Å². The lowest BCUT2D eigenvalue weighted by Crippen LogP contribution is -2.56. The molecule has 0 heterocycles. The maximum atomic E-state index is 11.7. The average molecular weight is 218 g/mol. The highest BCUT2D eigenvalue weighted by Crippen LogP contribution is 2.48. The predicted molar refractivity (Wildman–Crippen MR) is 23.1 cm³/mol. The molecule has 1 nitrogen and oxygen atoms in total. The van der Waals surface area contributed by atoms with Crippen LogP contribution in [0.25, 0.3) is 0 Å². The second-order valence-corrected chi connectivity index (χ2v) is 2.03. The number of hydrogen-bond donors (Lipinski definition) is 1. The summed E-state index contributed by atoms with van der Waals surface area (Å²) in [6.45, 7) is 0. The average Bonchev–Trinajstić information content (AvgIpc) is 1.84. The maximum absolute atomic E-state index is 11.7. The van der Waals surface area contributed by atoms with Crippen LogP contribution in [0.4, 0.5) is 35.1 Å². The normalized spacial score (nSPS) is 17.3. The first-order chi connectivity index (χ1) is 5.44. The summed E-state index contributed by atoms with van der Waals surface area (Å²) in [6, 6.07) is 0. The molecule has 80 valence electrons. The number of rotatable bonds is 2. The second-order valence-electron chi connectivity index (χ2n) is 2.03. The van der Waals surface area contributed by atoms with E-state index in [-0.39, 0.29) is 0 Å². The van der Waals surface area contributed by atoms with Gasteiger partial charge in [0.1, 0.15) is 0 Å². The Hall–Kier alpha value is -0.600. The molecule has 0 radical (unpaired) electrons. The standard InChI is InChI=1S/C4H2F8O/c5-1(13)2(6,7)3(8,9)4(10,11)12/h1,13H. The third kappa shape index (κ3) is 1.84. The molecule has 0 saturated carbocycles. The Morgan fingerprint density at radius 1 is 0.846 bits per heavy atom. The molecule has 1 atom stereocenters. The van der Waals surface area contributed by atoms with E-state index in [1.54, 1.807) is 0 Å². The van der Waals surface area contributed by atoms with E-state index in [0.29, 0.717) is 0 Å². The quantitative estimate of drug-likeness (QED) is 0.703. The molecule has 0 aromatic rings. The fourth-order valence-corrected chi connectivity index (χ4v) is 0.339. The third-order valence-corrected chi connectivity index (χ3v) is 1.07. The molecule has 9 heteroatoms. The van der Waals surface area contributed by atoms with Gasteiger partial charge in [-0.25, -0.2) is 4.39 Å². The molecule has 0 aliphatic heterocycles. The molecule has 1 unspecified atom stereocenters. The van der Waals surface area contributed by atoms with Gasteiger partial charge in [-0.05, 0) is 0 Å². The van der Waals surface area contributed by atoms with Crippen LogP contribution in [0.2, 0.25) is 0 Å². The van der Waals surface area contributed by atoms with Crippen molar-refractivity contribution in [3.63, 3.8) is 0 Å². The van der Waals surface area contributed by atoms with E-state index < -0.39 is 24.4 Å². The summed E-state index contributed by atoms with van der Waals surface area (Å²) >= 11 is 0. The largest absolute Gasteiger partial charge is 0.460 e. The molecule has 0 aromatic carbocycles. The maximum Gasteiger partial charge on any atom is 0.460 e. The number of alkyl halides is 8. The lowest BCUT2D eigenvalue weighted by atomic mass is 10.1. The van der Waals surface area contributed by atoms with Gasteiger partial charge in [-0.15, -0.1) is 0 Å². The summed E-state index contributed by atoms with van der Waals surface area (Å²) in [5, 5.41) is 7.38. The molecule has 0 amide bonds. The molecule has 0 aliphatic rings. The highest BCUT2D eigenvalue weighted by molar-refractivity contribution is 4.92. The van der Waals surface area contributed by atoms with E-state index in [1.807, 2.05) is 0 Å². The molecule has 0 rings (SSSR count). The molecule has 0 spiro atoms. The van der Waals surface area contributed by atoms with Gasteiger partial charge in [0, 0.05) is 0 Å². The summed E-state index contributed by atoms with van der Waals surface area (Å²) in [5.74, 6) is -12.8. The van der Waals surface area contributed by atoms with Crippen molar-refractivity contribution >= 4 is 0 Å². The minimum atomic E-state index is -6.62. The van der Waals surface area contributed by atoms with Gasteiger partial charge in [0.2, 0.25) is 0 Å². The van der Waals surface area contributed by atoms with Gasteiger partial charge in [-0.3, -0.25) is 0 Å². The Bertz CT molecular complexity index is 181. The van der Waals surface area contributed by atoms with E-state index in [9.17, 15) is 35.1 Å². The lowest BCUT2D eigenvalue weighted by molar-refractivity contribution is -0.382. The molecule has 0 saturated heterocycles. The number of aliphatic hydroxyl groups excluding tert-OH is 1. The monoisotopic (exact) mass is 218 g/mol.